The van der Waals surface area contributed by atoms with Crippen LogP contribution in [0.3, 0.4) is 0 Å². The monoisotopic (exact) mass is 346 g/mol. The number of carbonyl (C=O) groups is 1. The Labute approximate surface area is 135 Å². The first-order chi connectivity index (χ1) is 9.65. The van der Waals surface area contributed by atoms with Crippen molar-refractivity contribution in [1.82, 2.24) is 0 Å². The van der Waals surface area contributed by atoms with E-state index in [-0.39, 0.29) is 50.1 Å². The highest BCUT2D eigenvalue weighted by Gasteiger charge is 2.36. The molecule has 0 bridgehead atoms. The van der Waals surface area contributed by atoms with Crippen LogP contribution in [0.15, 0.2) is 0 Å². The van der Waals surface area contributed by atoms with E-state index in [0.717, 1.165) is 6.29 Å². The zero-order valence-corrected chi connectivity index (χ0v) is 13.6. The smallest absolute Gasteiger partial charge is 0.248 e. The Morgan fingerprint density at radius 2 is 1.32 bits per heavy atom. The van der Waals surface area contributed by atoms with E-state index in [1.165, 1.54) is 0 Å². The molecule has 0 heterocycles. The average molecular weight is 347 g/mol. The second-order valence-corrected chi connectivity index (χ2v) is 6.38. The van der Waals surface area contributed by atoms with E-state index in [1.54, 1.807) is 0 Å². The van der Waals surface area contributed by atoms with Gasteiger partial charge in [-0.2, -0.15) is 0 Å². The molecule has 22 heavy (non-hydrogen) atoms. The minimum Gasteiger partial charge on any atom is -1.00 e. The van der Waals surface area contributed by atoms with Gasteiger partial charge in [0.25, 0.3) is 0 Å². The highest BCUT2D eigenvalue weighted by atomic mass is 35.5. The van der Waals surface area contributed by atoms with E-state index in [1.807, 2.05) is 6.92 Å². The third-order valence-electron chi connectivity index (χ3n) is 4.46. The van der Waals surface area contributed by atoms with Crippen molar-refractivity contribution >= 4 is 6.29 Å². The van der Waals surface area contributed by atoms with Crippen molar-refractivity contribution in [1.29, 1.82) is 0 Å². The van der Waals surface area contributed by atoms with Crippen molar-refractivity contribution in [3.8, 4) is 0 Å². The number of carbonyl (C=O) groups excluding carboxylic acids is 1. The molecular formula is C15H25ClF4NO-. The molecule has 2 rings (SSSR count). The summed E-state index contributed by atoms with van der Waals surface area (Å²) in [6.45, 7) is 1.90. The maximum atomic E-state index is 12.6. The standard InChI is InChI=1S/C8H15F2N.C7H10F2O.ClH/c1-6(11)7-2-4-8(9,10)5-3-7;8-7(9)3-1-6(5-10)2-4-7;/h6-7H,2-5,11H2,1H3;5-6H,1-4H2;1H/p-1/t6-;;/m0../s1. The van der Waals surface area contributed by atoms with Crippen LogP contribution in [-0.4, -0.2) is 24.2 Å². The summed E-state index contributed by atoms with van der Waals surface area (Å²) in [6.07, 6.45) is 2.50. The van der Waals surface area contributed by atoms with Crippen LogP contribution in [0.5, 0.6) is 0 Å². The second kappa shape index (κ2) is 9.06. The van der Waals surface area contributed by atoms with Gasteiger partial charge in [-0.1, -0.05) is 0 Å². The quantitative estimate of drug-likeness (QED) is 0.602. The van der Waals surface area contributed by atoms with Gasteiger partial charge in [-0.25, -0.2) is 17.6 Å². The van der Waals surface area contributed by atoms with E-state index in [2.05, 4.69) is 0 Å². The van der Waals surface area contributed by atoms with Crippen LogP contribution >= 0.6 is 0 Å². The maximum Gasteiger partial charge on any atom is 0.248 e. The van der Waals surface area contributed by atoms with Crippen LogP contribution in [0.25, 0.3) is 0 Å². The van der Waals surface area contributed by atoms with Crippen LogP contribution in [0.4, 0.5) is 17.6 Å². The lowest BCUT2D eigenvalue weighted by Crippen LogP contribution is -3.00. The summed E-state index contributed by atoms with van der Waals surface area (Å²) in [6, 6.07) is 0.0751. The highest BCUT2D eigenvalue weighted by Crippen LogP contribution is 2.37. The largest absolute Gasteiger partial charge is 1.00 e. The van der Waals surface area contributed by atoms with Gasteiger partial charge in [0, 0.05) is 37.6 Å². The number of rotatable bonds is 2. The van der Waals surface area contributed by atoms with Gasteiger partial charge >= 0.3 is 0 Å². The molecule has 0 aromatic rings. The molecule has 2 aliphatic rings. The molecule has 0 spiro atoms. The van der Waals surface area contributed by atoms with Crippen LogP contribution in [0.2, 0.25) is 0 Å². The molecule has 2 fully saturated rings. The first kappa shape index (κ1) is 21.6. The molecule has 0 unspecified atom stereocenters. The predicted molar refractivity (Wildman–Crippen MR) is 73.5 cm³/mol. The van der Waals surface area contributed by atoms with Gasteiger partial charge < -0.3 is 22.9 Å². The lowest BCUT2D eigenvalue weighted by atomic mass is 9.83. The number of alkyl halides is 4. The van der Waals surface area contributed by atoms with Gasteiger partial charge in [0.1, 0.15) is 6.29 Å². The number of hydrogen-bond acceptors (Lipinski definition) is 2. The minimum atomic E-state index is -2.50. The summed E-state index contributed by atoms with van der Waals surface area (Å²) in [5, 5.41) is 0. The fourth-order valence-electron chi connectivity index (χ4n) is 2.79. The zero-order valence-electron chi connectivity index (χ0n) is 12.8. The summed E-state index contributed by atoms with van der Waals surface area (Å²) in [5.41, 5.74) is 5.61. The second-order valence-electron chi connectivity index (χ2n) is 6.38. The van der Waals surface area contributed by atoms with E-state index in [4.69, 9.17) is 5.73 Å². The van der Waals surface area contributed by atoms with Gasteiger partial charge in [-0.3, -0.25) is 0 Å². The van der Waals surface area contributed by atoms with Gasteiger partial charge in [0.05, 0.1) is 0 Å². The lowest BCUT2D eigenvalue weighted by molar-refractivity contribution is -0.115. The fourth-order valence-corrected chi connectivity index (χ4v) is 2.79. The van der Waals surface area contributed by atoms with Crippen molar-refractivity contribution in [3.63, 3.8) is 0 Å². The van der Waals surface area contributed by atoms with Crippen molar-refractivity contribution in [2.75, 3.05) is 0 Å². The number of nitrogens with two attached hydrogens (primary N) is 1. The minimum absolute atomic E-state index is 0. The third kappa shape index (κ3) is 7.77. The first-order valence-corrected chi connectivity index (χ1v) is 7.62. The van der Waals surface area contributed by atoms with Gasteiger partial charge in [-0.15, -0.1) is 0 Å². The third-order valence-corrected chi connectivity index (χ3v) is 4.46. The van der Waals surface area contributed by atoms with Crippen LogP contribution < -0.4 is 18.1 Å². The molecule has 0 amide bonds. The van der Waals surface area contributed by atoms with Crippen LogP contribution in [-0.2, 0) is 4.79 Å². The number of aldehydes is 1. The summed E-state index contributed by atoms with van der Waals surface area (Å²) >= 11 is 0. The number of hydrogen-bond donors (Lipinski definition) is 1. The van der Waals surface area contributed by atoms with Crippen LogP contribution in [0.1, 0.15) is 58.3 Å². The Hall–Kier alpha value is -0.360. The Morgan fingerprint density at radius 1 is 0.955 bits per heavy atom. The van der Waals surface area contributed by atoms with Gasteiger partial charge in [0.2, 0.25) is 11.8 Å². The summed E-state index contributed by atoms with van der Waals surface area (Å²) < 4.78 is 50.0. The van der Waals surface area contributed by atoms with E-state index >= 15 is 0 Å². The molecule has 0 saturated heterocycles. The topological polar surface area (TPSA) is 43.1 Å². The van der Waals surface area contributed by atoms with E-state index < -0.39 is 11.8 Å². The Kier molecular flexibility index (Phi) is 8.91. The number of halogens is 5. The predicted octanol–water partition coefficient (Wildman–Crippen LogP) is 1.17. The van der Waals surface area contributed by atoms with Gasteiger partial charge in [0.15, 0.2) is 0 Å². The van der Waals surface area contributed by atoms with Crippen molar-refractivity contribution in [2.24, 2.45) is 17.6 Å². The molecule has 132 valence electrons. The highest BCUT2D eigenvalue weighted by molar-refractivity contribution is 5.53. The molecule has 0 radical (unpaired) electrons. The molecule has 1 atom stereocenters. The molecule has 0 aromatic carbocycles. The molecule has 2 saturated carbocycles. The van der Waals surface area contributed by atoms with Crippen molar-refractivity contribution in [2.45, 2.75) is 76.2 Å². The summed E-state index contributed by atoms with van der Waals surface area (Å²) in [5.74, 6) is -4.71. The van der Waals surface area contributed by atoms with Crippen LogP contribution in [0, 0.1) is 11.8 Å². The van der Waals surface area contributed by atoms with Crippen molar-refractivity contribution in [3.05, 3.63) is 0 Å². The Morgan fingerprint density at radius 3 is 1.64 bits per heavy atom. The summed E-state index contributed by atoms with van der Waals surface area (Å²) in [7, 11) is 0. The molecule has 2 aliphatic carbocycles. The zero-order chi connectivity index (χ0) is 16.1. The summed E-state index contributed by atoms with van der Waals surface area (Å²) in [4.78, 5) is 10.1. The van der Waals surface area contributed by atoms with Crippen molar-refractivity contribution < 1.29 is 34.8 Å². The fraction of sp³-hybridized carbons (Fsp3) is 0.933. The molecule has 0 aliphatic heterocycles. The molecule has 2 nitrogen and oxygen atoms in total. The Bertz CT molecular complexity index is 320. The van der Waals surface area contributed by atoms with E-state index in [9.17, 15) is 22.4 Å². The SMILES string of the molecule is C[C@H](N)C1CCC(F)(F)CC1.O=CC1CCC(F)(F)CC1.[Cl-]. The molecule has 7 heteroatoms. The maximum absolute atomic E-state index is 12.6. The molecular weight excluding hydrogens is 322 g/mol. The Balaban J connectivity index is 0.000000385. The normalized spacial score (nSPS) is 26.1. The average Bonchev–Trinajstić information content (AvgIpc) is 2.39. The molecule has 0 aromatic heterocycles. The van der Waals surface area contributed by atoms with Gasteiger partial charge in [-0.05, 0) is 38.5 Å². The lowest BCUT2D eigenvalue weighted by Gasteiger charge is -2.30. The first-order valence-electron chi connectivity index (χ1n) is 7.62. The van der Waals surface area contributed by atoms with E-state index in [0.29, 0.717) is 31.6 Å². The molecule has 2 N–H and O–H groups in total.